The van der Waals surface area contributed by atoms with E-state index < -0.39 is 52.5 Å². The van der Waals surface area contributed by atoms with Crippen LogP contribution in [0.2, 0.25) is 0 Å². The standard InChI is InChI=1S/C16H19N3O6S/c1-9-14(24-10(2)20)15(25-11(3)21)13(18-19-17)16(23-9)26(22)12-7-5-4-6-8-12/h4-9,13-16H,1-3H3/t9-,13-,14+,15-,16?,26?/m1/s1. The number of carbonyl (C=O) groups is 2. The summed E-state index contributed by atoms with van der Waals surface area (Å²) in [4.78, 5) is 26.2. The number of esters is 2. The van der Waals surface area contributed by atoms with Gasteiger partial charge in [-0.3, -0.25) is 13.8 Å². The first-order valence-corrected chi connectivity index (χ1v) is 9.06. The summed E-state index contributed by atoms with van der Waals surface area (Å²) in [5, 5.41) is 3.63. The van der Waals surface area contributed by atoms with E-state index in [1.54, 1.807) is 37.3 Å². The van der Waals surface area contributed by atoms with E-state index >= 15 is 0 Å². The fourth-order valence-corrected chi connectivity index (χ4v) is 4.15. The second-order valence-electron chi connectivity index (χ2n) is 5.66. The number of hydrogen-bond acceptors (Lipinski definition) is 7. The van der Waals surface area contributed by atoms with E-state index in [0.717, 1.165) is 0 Å². The van der Waals surface area contributed by atoms with E-state index in [1.807, 2.05) is 0 Å². The zero-order valence-electron chi connectivity index (χ0n) is 14.5. The van der Waals surface area contributed by atoms with Gasteiger partial charge in [0, 0.05) is 23.7 Å². The van der Waals surface area contributed by atoms with Crippen LogP contribution in [0.3, 0.4) is 0 Å². The third-order valence-electron chi connectivity index (χ3n) is 3.73. The highest BCUT2D eigenvalue weighted by molar-refractivity contribution is 7.85. The molecule has 1 aromatic carbocycles. The Morgan fingerprint density at radius 3 is 2.27 bits per heavy atom. The van der Waals surface area contributed by atoms with Crippen molar-refractivity contribution in [3.05, 3.63) is 40.8 Å². The van der Waals surface area contributed by atoms with Crippen molar-refractivity contribution in [3.8, 4) is 0 Å². The predicted molar refractivity (Wildman–Crippen MR) is 91.2 cm³/mol. The quantitative estimate of drug-likeness (QED) is 0.332. The summed E-state index contributed by atoms with van der Waals surface area (Å²) >= 11 is 0. The monoisotopic (exact) mass is 381 g/mol. The number of azide groups is 1. The average molecular weight is 381 g/mol. The van der Waals surface area contributed by atoms with Crippen LogP contribution >= 0.6 is 0 Å². The van der Waals surface area contributed by atoms with Crippen LogP contribution in [0.15, 0.2) is 40.3 Å². The zero-order valence-corrected chi connectivity index (χ0v) is 15.3. The number of hydrogen-bond donors (Lipinski definition) is 0. The number of nitrogens with zero attached hydrogens (tertiary/aromatic N) is 3. The third kappa shape index (κ3) is 4.60. The lowest BCUT2D eigenvalue weighted by molar-refractivity contribution is -0.198. The molecule has 0 N–H and O–H groups in total. The minimum Gasteiger partial charge on any atom is -0.458 e. The summed E-state index contributed by atoms with van der Waals surface area (Å²) in [5.74, 6) is -1.26. The van der Waals surface area contributed by atoms with E-state index in [9.17, 15) is 13.8 Å². The molecule has 0 aromatic heterocycles. The fraction of sp³-hybridized carbons (Fsp3) is 0.500. The normalized spacial score (nSPS) is 29.1. The van der Waals surface area contributed by atoms with Crippen molar-refractivity contribution in [2.45, 2.75) is 55.5 Å². The molecule has 1 heterocycles. The van der Waals surface area contributed by atoms with Gasteiger partial charge in [-0.1, -0.05) is 23.3 Å². The molecule has 0 radical (unpaired) electrons. The largest absolute Gasteiger partial charge is 0.458 e. The highest BCUT2D eigenvalue weighted by Crippen LogP contribution is 2.32. The van der Waals surface area contributed by atoms with Crippen molar-refractivity contribution in [2.75, 3.05) is 0 Å². The van der Waals surface area contributed by atoms with Crippen LogP contribution in [0.5, 0.6) is 0 Å². The molecule has 0 bridgehead atoms. The van der Waals surface area contributed by atoms with Crippen molar-refractivity contribution < 1.29 is 28.0 Å². The molecule has 0 aliphatic carbocycles. The van der Waals surface area contributed by atoms with Crippen molar-refractivity contribution in [3.63, 3.8) is 0 Å². The van der Waals surface area contributed by atoms with Crippen LogP contribution in [0, 0.1) is 0 Å². The lowest BCUT2D eigenvalue weighted by Crippen LogP contribution is -2.59. The number of ether oxygens (including phenoxy) is 3. The Hall–Kier alpha value is -2.42. The molecular weight excluding hydrogens is 362 g/mol. The van der Waals surface area contributed by atoms with E-state index in [0.29, 0.717) is 4.90 Å². The summed E-state index contributed by atoms with van der Waals surface area (Å²) in [6.45, 7) is 3.99. The summed E-state index contributed by atoms with van der Waals surface area (Å²) in [7, 11) is -1.70. The molecule has 1 aromatic rings. The van der Waals surface area contributed by atoms with Crippen molar-refractivity contribution in [1.82, 2.24) is 0 Å². The van der Waals surface area contributed by atoms with E-state index in [-0.39, 0.29) is 0 Å². The first kappa shape index (κ1) is 19.9. The second kappa shape index (κ2) is 8.79. The summed E-state index contributed by atoms with van der Waals surface area (Å²) < 4.78 is 29.2. The van der Waals surface area contributed by atoms with Gasteiger partial charge in [-0.05, 0) is 24.6 Å². The molecule has 2 unspecified atom stereocenters. The van der Waals surface area contributed by atoms with Gasteiger partial charge in [0.25, 0.3) is 0 Å². The number of carbonyl (C=O) groups excluding carboxylic acids is 2. The molecule has 26 heavy (non-hydrogen) atoms. The van der Waals surface area contributed by atoms with Crippen LogP contribution in [0.1, 0.15) is 20.8 Å². The molecular formula is C16H19N3O6S. The lowest BCUT2D eigenvalue weighted by atomic mass is 9.98. The summed E-state index contributed by atoms with van der Waals surface area (Å²) in [6, 6.07) is 7.37. The fourth-order valence-electron chi connectivity index (χ4n) is 2.71. The van der Waals surface area contributed by atoms with Gasteiger partial charge in [0.15, 0.2) is 12.2 Å². The van der Waals surface area contributed by atoms with Gasteiger partial charge in [-0.15, -0.1) is 0 Å². The van der Waals surface area contributed by atoms with Gasteiger partial charge in [0.05, 0.1) is 16.9 Å². The van der Waals surface area contributed by atoms with E-state index in [4.69, 9.17) is 19.7 Å². The molecule has 1 aliphatic rings. The first-order valence-electron chi connectivity index (χ1n) is 7.85. The molecule has 6 atom stereocenters. The van der Waals surface area contributed by atoms with Crippen molar-refractivity contribution in [1.29, 1.82) is 0 Å². The molecule has 9 nitrogen and oxygen atoms in total. The maximum atomic E-state index is 12.9. The van der Waals surface area contributed by atoms with Gasteiger partial charge in [-0.2, -0.15) is 0 Å². The Bertz CT molecular complexity index is 737. The van der Waals surface area contributed by atoms with Gasteiger partial charge in [0.2, 0.25) is 0 Å². The molecule has 1 fully saturated rings. The minimum atomic E-state index is -1.70. The maximum Gasteiger partial charge on any atom is 0.303 e. The lowest BCUT2D eigenvalue weighted by Gasteiger charge is -2.42. The molecule has 10 heteroatoms. The molecule has 0 amide bonds. The van der Waals surface area contributed by atoms with Crippen molar-refractivity contribution >= 4 is 22.7 Å². The smallest absolute Gasteiger partial charge is 0.303 e. The maximum absolute atomic E-state index is 12.9. The van der Waals surface area contributed by atoms with Crippen LogP contribution in [-0.2, 0) is 34.6 Å². The Kier molecular flexibility index (Phi) is 6.73. The Morgan fingerprint density at radius 2 is 1.73 bits per heavy atom. The van der Waals surface area contributed by atoms with Gasteiger partial charge in [-0.25, -0.2) is 0 Å². The van der Waals surface area contributed by atoms with Gasteiger partial charge in [0.1, 0.15) is 11.5 Å². The van der Waals surface area contributed by atoms with Gasteiger partial charge < -0.3 is 14.2 Å². The Labute approximate surface area is 152 Å². The second-order valence-corrected chi connectivity index (χ2v) is 7.19. The average Bonchev–Trinajstić information content (AvgIpc) is 2.59. The summed E-state index contributed by atoms with van der Waals surface area (Å²) in [6.07, 6.45) is -2.84. The Balaban J connectivity index is 2.43. The molecule has 140 valence electrons. The van der Waals surface area contributed by atoms with Crippen LogP contribution in [-0.4, -0.2) is 45.9 Å². The highest BCUT2D eigenvalue weighted by atomic mass is 32.2. The van der Waals surface area contributed by atoms with E-state index in [2.05, 4.69) is 10.0 Å². The number of rotatable bonds is 5. The number of benzene rings is 1. The van der Waals surface area contributed by atoms with Crippen LogP contribution < -0.4 is 0 Å². The van der Waals surface area contributed by atoms with Crippen LogP contribution in [0.4, 0.5) is 0 Å². The first-order chi connectivity index (χ1) is 12.3. The van der Waals surface area contributed by atoms with Crippen LogP contribution in [0.25, 0.3) is 10.4 Å². The molecule has 1 aliphatic heterocycles. The van der Waals surface area contributed by atoms with Gasteiger partial charge >= 0.3 is 11.9 Å². The topological polar surface area (TPSA) is 128 Å². The third-order valence-corrected chi connectivity index (χ3v) is 5.27. The summed E-state index contributed by atoms with van der Waals surface area (Å²) in [5.41, 5.74) is 7.86. The molecule has 0 spiro atoms. The molecule has 2 rings (SSSR count). The molecule has 1 saturated heterocycles. The highest BCUT2D eigenvalue weighted by Gasteiger charge is 2.50. The SMILES string of the molecule is CC(=O)O[C@@H]1[C@H](OC(C)=O)[C@@H](N=[N+]=[N-])C(S(=O)c2ccccc2)O[C@@H]1C. The van der Waals surface area contributed by atoms with E-state index in [1.165, 1.54) is 13.8 Å². The Morgan fingerprint density at radius 1 is 1.15 bits per heavy atom. The predicted octanol–water partition coefficient (Wildman–Crippen LogP) is 2.08. The van der Waals surface area contributed by atoms with Crippen molar-refractivity contribution in [2.24, 2.45) is 5.11 Å². The molecule has 0 saturated carbocycles. The zero-order chi connectivity index (χ0) is 19.3. The minimum absolute atomic E-state index is 0.468.